The Labute approximate surface area is 85.2 Å². The Kier molecular flexibility index (Phi) is 2.85. The highest BCUT2D eigenvalue weighted by Gasteiger charge is 2.17. The summed E-state index contributed by atoms with van der Waals surface area (Å²) in [7, 11) is 2.15. The third kappa shape index (κ3) is 1.81. The predicted octanol–water partition coefficient (Wildman–Crippen LogP) is 1.56. The molecule has 0 bridgehead atoms. The van der Waals surface area contributed by atoms with Gasteiger partial charge in [0.15, 0.2) is 0 Å². The van der Waals surface area contributed by atoms with E-state index in [9.17, 15) is 0 Å². The van der Waals surface area contributed by atoms with Crippen molar-refractivity contribution in [3.8, 4) is 0 Å². The Morgan fingerprint density at radius 2 is 2.21 bits per heavy atom. The fourth-order valence-electron chi connectivity index (χ4n) is 2.16. The second kappa shape index (κ2) is 4.11. The Balaban J connectivity index is 2.21. The van der Waals surface area contributed by atoms with Crippen LogP contribution in [0.25, 0.3) is 0 Å². The van der Waals surface area contributed by atoms with Crippen molar-refractivity contribution in [2.45, 2.75) is 25.9 Å². The van der Waals surface area contributed by atoms with Crippen molar-refractivity contribution in [3.05, 3.63) is 34.9 Å². The van der Waals surface area contributed by atoms with Gasteiger partial charge in [0, 0.05) is 19.7 Å². The molecule has 1 aliphatic heterocycles. The molecule has 2 rings (SSSR count). The van der Waals surface area contributed by atoms with Crippen LogP contribution in [0.5, 0.6) is 0 Å². The van der Waals surface area contributed by atoms with Gasteiger partial charge in [0.2, 0.25) is 0 Å². The van der Waals surface area contributed by atoms with Crippen molar-refractivity contribution < 1.29 is 5.11 Å². The number of aryl methyl sites for hydroxylation is 1. The van der Waals surface area contributed by atoms with E-state index in [1.807, 2.05) is 0 Å². The summed E-state index contributed by atoms with van der Waals surface area (Å²) in [5.74, 6) is 0. The lowest BCUT2D eigenvalue weighted by atomic mass is 10.00. The fraction of sp³-hybridized carbons (Fsp3) is 0.500. The third-order valence-electron chi connectivity index (χ3n) is 2.84. The summed E-state index contributed by atoms with van der Waals surface area (Å²) in [6.07, 6.45) is 1.88. The molecule has 0 amide bonds. The minimum atomic E-state index is 0.291. The van der Waals surface area contributed by atoms with E-state index in [4.69, 9.17) is 5.11 Å². The first-order chi connectivity index (χ1) is 6.81. The summed E-state index contributed by atoms with van der Waals surface area (Å²) in [5, 5.41) is 8.82. The molecule has 1 aromatic carbocycles. The van der Waals surface area contributed by atoms with Gasteiger partial charge in [-0.2, -0.15) is 0 Å². The van der Waals surface area contributed by atoms with Crippen LogP contribution in [0.2, 0.25) is 0 Å². The first-order valence-electron chi connectivity index (χ1n) is 5.20. The summed E-state index contributed by atoms with van der Waals surface area (Å²) >= 11 is 0. The zero-order valence-corrected chi connectivity index (χ0v) is 8.66. The van der Waals surface area contributed by atoms with Gasteiger partial charge in [0.25, 0.3) is 0 Å². The summed E-state index contributed by atoms with van der Waals surface area (Å²) in [5.41, 5.74) is 4.37. The smallest absolute Gasteiger partial charge is 0.0434 e. The molecule has 0 spiro atoms. The van der Waals surface area contributed by atoms with Crippen molar-refractivity contribution in [3.63, 3.8) is 0 Å². The average Bonchev–Trinajstić information content (AvgIpc) is 2.55. The number of rotatable bonds is 3. The maximum absolute atomic E-state index is 8.82. The first kappa shape index (κ1) is 9.69. The molecule has 2 heteroatoms. The molecule has 0 radical (unpaired) electrons. The van der Waals surface area contributed by atoms with Crippen molar-refractivity contribution in [1.29, 1.82) is 0 Å². The lowest BCUT2D eigenvalue weighted by molar-refractivity contribution is 0.288. The van der Waals surface area contributed by atoms with Crippen molar-refractivity contribution in [2.75, 3.05) is 13.7 Å². The minimum absolute atomic E-state index is 0.291. The molecule has 1 aromatic rings. The summed E-state index contributed by atoms with van der Waals surface area (Å²) < 4.78 is 0. The molecule has 76 valence electrons. The molecule has 0 fully saturated rings. The molecule has 1 heterocycles. The molecule has 0 aromatic heterocycles. The molecule has 14 heavy (non-hydrogen) atoms. The van der Waals surface area contributed by atoms with Crippen LogP contribution < -0.4 is 0 Å². The van der Waals surface area contributed by atoms with Crippen LogP contribution in [0.1, 0.15) is 23.1 Å². The van der Waals surface area contributed by atoms with Gasteiger partial charge in [0.05, 0.1) is 0 Å². The normalized spacial score (nSPS) is 15.9. The molecule has 0 saturated heterocycles. The van der Waals surface area contributed by atoms with Crippen LogP contribution in [0.4, 0.5) is 0 Å². The molecule has 1 N–H and O–H groups in total. The second-order valence-electron chi connectivity index (χ2n) is 4.05. The van der Waals surface area contributed by atoms with Crippen LogP contribution in [0.3, 0.4) is 0 Å². The molecular formula is C12H17NO. The molecular weight excluding hydrogens is 174 g/mol. The van der Waals surface area contributed by atoms with Crippen LogP contribution in [-0.2, 0) is 19.5 Å². The van der Waals surface area contributed by atoms with Crippen LogP contribution in [0, 0.1) is 0 Å². The SMILES string of the molecule is CN1Cc2cccc(CCCO)c2C1. The largest absolute Gasteiger partial charge is 0.396 e. The van der Waals surface area contributed by atoms with E-state index in [0.717, 1.165) is 25.9 Å². The maximum Gasteiger partial charge on any atom is 0.0434 e. The van der Waals surface area contributed by atoms with E-state index in [0.29, 0.717) is 6.61 Å². The van der Waals surface area contributed by atoms with Crippen LogP contribution in [0.15, 0.2) is 18.2 Å². The number of aliphatic hydroxyl groups is 1. The van der Waals surface area contributed by atoms with Gasteiger partial charge >= 0.3 is 0 Å². The monoisotopic (exact) mass is 191 g/mol. The Bertz CT molecular complexity index is 322. The number of hydrogen-bond donors (Lipinski definition) is 1. The number of aliphatic hydroxyl groups excluding tert-OH is 1. The van der Waals surface area contributed by atoms with E-state index in [1.165, 1.54) is 16.7 Å². The topological polar surface area (TPSA) is 23.5 Å². The zero-order valence-electron chi connectivity index (χ0n) is 8.66. The van der Waals surface area contributed by atoms with Crippen molar-refractivity contribution in [1.82, 2.24) is 4.90 Å². The van der Waals surface area contributed by atoms with Gasteiger partial charge < -0.3 is 5.11 Å². The highest BCUT2D eigenvalue weighted by molar-refractivity contribution is 5.37. The Morgan fingerprint density at radius 3 is 3.00 bits per heavy atom. The van der Waals surface area contributed by atoms with Gasteiger partial charge in [0.1, 0.15) is 0 Å². The second-order valence-corrected chi connectivity index (χ2v) is 4.05. The van der Waals surface area contributed by atoms with Crippen molar-refractivity contribution in [2.24, 2.45) is 0 Å². The summed E-state index contributed by atoms with van der Waals surface area (Å²) in [4.78, 5) is 2.33. The van der Waals surface area contributed by atoms with E-state index < -0.39 is 0 Å². The fourth-order valence-corrected chi connectivity index (χ4v) is 2.16. The van der Waals surface area contributed by atoms with E-state index in [-0.39, 0.29) is 0 Å². The van der Waals surface area contributed by atoms with E-state index >= 15 is 0 Å². The lowest BCUT2D eigenvalue weighted by Gasteiger charge is -2.07. The molecule has 0 atom stereocenters. The summed E-state index contributed by atoms with van der Waals surface area (Å²) in [6, 6.07) is 6.53. The molecule has 1 aliphatic rings. The zero-order chi connectivity index (χ0) is 9.97. The van der Waals surface area contributed by atoms with Gasteiger partial charge in [-0.3, -0.25) is 4.90 Å². The summed E-state index contributed by atoms with van der Waals surface area (Å²) in [6.45, 7) is 2.43. The number of nitrogens with zero attached hydrogens (tertiary/aromatic N) is 1. The van der Waals surface area contributed by atoms with Gasteiger partial charge in [-0.15, -0.1) is 0 Å². The molecule has 0 unspecified atom stereocenters. The van der Waals surface area contributed by atoms with E-state index in [1.54, 1.807) is 0 Å². The van der Waals surface area contributed by atoms with Crippen LogP contribution in [-0.4, -0.2) is 23.7 Å². The molecule has 2 nitrogen and oxygen atoms in total. The minimum Gasteiger partial charge on any atom is -0.396 e. The third-order valence-corrected chi connectivity index (χ3v) is 2.84. The number of benzene rings is 1. The Morgan fingerprint density at radius 1 is 1.36 bits per heavy atom. The van der Waals surface area contributed by atoms with Gasteiger partial charge in [-0.25, -0.2) is 0 Å². The van der Waals surface area contributed by atoms with Crippen LogP contribution >= 0.6 is 0 Å². The highest BCUT2D eigenvalue weighted by atomic mass is 16.2. The average molecular weight is 191 g/mol. The molecule has 0 saturated carbocycles. The quantitative estimate of drug-likeness (QED) is 0.783. The van der Waals surface area contributed by atoms with Gasteiger partial charge in [-0.1, -0.05) is 18.2 Å². The maximum atomic E-state index is 8.82. The lowest BCUT2D eigenvalue weighted by Crippen LogP contribution is -2.08. The standard InChI is InChI=1S/C12H17NO/c1-13-8-11-5-2-4-10(6-3-7-14)12(11)9-13/h2,4-5,14H,3,6-9H2,1H3. The number of fused-ring (bicyclic) bond motifs is 1. The number of hydrogen-bond acceptors (Lipinski definition) is 2. The first-order valence-corrected chi connectivity index (χ1v) is 5.20. The molecule has 0 aliphatic carbocycles. The Hall–Kier alpha value is -0.860. The predicted molar refractivity (Wildman–Crippen MR) is 57.0 cm³/mol. The van der Waals surface area contributed by atoms with Crippen molar-refractivity contribution >= 4 is 0 Å². The van der Waals surface area contributed by atoms with E-state index in [2.05, 4.69) is 30.1 Å². The van der Waals surface area contributed by atoms with Gasteiger partial charge in [-0.05, 0) is 36.6 Å². The highest BCUT2D eigenvalue weighted by Crippen LogP contribution is 2.25.